The second-order valence-electron chi connectivity index (χ2n) is 3.93. The third-order valence-electron chi connectivity index (χ3n) is 1.49. The molecule has 0 saturated heterocycles. The molecule has 0 aliphatic rings. The Kier molecular flexibility index (Phi) is 3.91. The lowest BCUT2D eigenvalue weighted by atomic mass is 9.88. The van der Waals surface area contributed by atoms with Crippen molar-refractivity contribution in [3.63, 3.8) is 0 Å². The van der Waals surface area contributed by atoms with Gasteiger partial charge in [0.15, 0.2) is 0 Å². The summed E-state index contributed by atoms with van der Waals surface area (Å²) in [6.45, 7) is 6.75. The van der Waals surface area contributed by atoms with Gasteiger partial charge in [-0.25, -0.2) is 0 Å². The van der Waals surface area contributed by atoms with Gasteiger partial charge in [0, 0.05) is 6.04 Å². The summed E-state index contributed by atoms with van der Waals surface area (Å²) >= 11 is 0. The molecule has 10 heavy (non-hydrogen) atoms. The number of hydrogen-bond donors (Lipinski definition) is 2. The molecular weight excluding hydrogens is 126 g/mol. The summed E-state index contributed by atoms with van der Waals surface area (Å²) in [7, 11) is 1.88. The molecule has 0 radical (unpaired) electrons. The van der Waals surface area contributed by atoms with Gasteiger partial charge in [0.1, 0.15) is 0 Å². The van der Waals surface area contributed by atoms with E-state index in [1.807, 2.05) is 7.05 Å². The van der Waals surface area contributed by atoms with E-state index < -0.39 is 0 Å². The van der Waals surface area contributed by atoms with Gasteiger partial charge in [0.05, 0.1) is 6.61 Å². The molecule has 0 aromatic heterocycles. The zero-order valence-corrected chi connectivity index (χ0v) is 7.44. The summed E-state index contributed by atoms with van der Waals surface area (Å²) in [5, 5.41) is 11.9. The SMILES string of the molecule is CN[C@H](CO)CC(C)(C)C. The van der Waals surface area contributed by atoms with E-state index >= 15 is 0 Å². The summed E-state index contributed by atoms with van der Waals surface area (Å²) in [6.07, 6.45) is 1.01. The van der Waals surface area contributed by atoms with Crippen molar-refractivity contribution in [2.75, 3.05) is 13.7 Å². The molecule has 0 heterocycles. The maximum atomic E-state index is 8.83. The zero-order valence-electron chi connectivity index (χ0n) is 7.44. The predicted octanol–water partition coefficient (Wildman–Crippen LogP) is 1.00. The van der Waals surface area contributed by atoms with Crippen molar-refractivity contribution < 1.29 is 5.11 Å². The lowest BCUT2D eigenvalue weighted by molar-refractivity contribution is 0.205. The molecule has 0 aliphatic carbocycles. The van der Waals surface area contributed by atoms with E-state index in [0.717, 1.165) is 6.42 Å². The molecule has 0 rings (SSSR count). The van der Waals surface area contributed by atoms with Crippen LogP contribution >= 0.6 is 0 Å². The highest BCUT2D eigenvalue weighted by molar-refractivity contribution is 4.71. The smallest absolute Gasteiger partial charge is 0.0584 e. The molecule has 0 spiro atoms. The predicted molar refractivity (Wildman–Crippen MR) is 44.0 cm³/mol. The lowest BCUT2D eigenvalue weighted by Gasteiger charge is -2.23. The first-order valence-electron chi connectivity index (χ1n) is 3.77. The third-order valence-corrected chi connectivity index (χ3v) is 1.49. The topological polar surface area (TPSA) is 32.3 Å². The maximum Gasteiger partial charge on any atom is 0.0584 e. The Balaban J connectivity index is 3.63. The quantitative estimate of drug-likeness (QED) is 0.621. The molecule has 0 aromatic rings. The van der Waals surface area contributed by atoms with Crippen LogP contribution in [0.15, 0.2) is 0 Å². The van der Waals surface area contributed by atoms with Gasteiger partial charge < -0.3 is 10.4 Å². The first-order valence-corrected chi connectivity index (χ1v) is 3.77. The fourth-order valence-electron chi connectivity index (χ4n) is 0.997. The second-order valence-corrected chi connectivity index (χ2v) is 3.93. The van der Waals surface area contributed by atoms with Crippen LogP contribution in [0.4, 0.5) is 0 Å². The number of nitrogens with one attached hydrogen (secondary N) is 1. The summed E-state index contributed by atoms with van der Waals surface area (Å²) in [6, 6.07) is 0.250. The summed E-state index contributed by atoms with van der Waals surface area (Å²) < 4.78 is 0. The Morgan fingerprint density at radius 3 is 2.00 bits per heavy atom. The van der Waals surface area contributed by atoms with E-state index in [2.05, 4.69) is 26.1 Å². The van der Waals surface area contributed by atoms with Gasteiger partial charge >= 0.3 is 0 Å². The standard InChI is InChI=1S/C8H19NO/c1-8(2,3)5-7(6-10)9-4/h7,9-10H,5-6H2,1-4H3/t7-/m0/s1. The van der Waals surface area contributed by atoms with E-state index in [0.29, 0.717) is 5.41 Å². The molecule has 0 aromatic carbocycles. The van der Waals surface area contributed by atoms with Crippen LogP contribution in [-0.2, 0) is 0 Å². The Hall–Kier alpha value is -0.0800. The molecule has 1 atom stereocenters. The van der Waals surface area contributed by atoms with Crippen molar-refractivity contribution in [3.8, 4) is 0 Å². The molecule has 0 bridgehead atoms. The lowest BCUT2D eigenvalue weighted by Crippen LogP contribution is -2.33. The number of hydrogen-bond acceptors (Lipinski definition) is 2. The van der Waals surface area contributed by atoms with E-state index in [4.69, 9.17) is 5.11 Å². The van der Waals surface area contributed by atoms with Crippen LogP contribution in [0.3, 0.4) is 0 Å². The molecule has 2 heteroatoms. The van der Waals surface area contributed by atoms with Gasteiger partial charge in [-0.15, -0.1) is 0 Å². The van der Waals surface area contributed by atoms with Crippen LogP contribution in [0, 0.1) is 5.41 Å². The Morgan fingerprint density at radius 2 is 1.90 bits per heavy atom. The highest BCUT2D eigenvalue weighted by Gasteiger charge is 2.15. The minimum Gasteiger partial charge on any atom is -0.395 e. The summed E-state index contributed by atoms with van der Waals surface area (Å²) in [5.41, 5.74) is 0.302. The Labute approximate surface area is 63.6 Å². The summed E-state index contributed by atoms with van der Waals surface area (Å²) in [5.74, 6) is 0. The van der Waals surface area contributed by atoms with Crippen LogP contribution in [0.2, 0.25) is 0 Å². The molecule has 62 valence electrons. The van der Waals surface area contributed by atoms with Gasteiger partial charge in [-0.2, -0.15) is 0 Å². The van der Waals surface area contributed by atoms with Crippen LogP contribution in [0.25, 0.3) is 0 Å². The molecule has 0 unspecified atom stereocenters. The average molecular weight is 145 g/mol. The maximum absolute atomic E-state index is 8.83. The van der Waals surface area contributed by atoms with E-state index in [9.17, 15) is 0 Å². The highest BCUT2D eigenvalue weighted by atomic mass is 16.3. The number of rotatable bonds is 3. The van der Waals surface area contributed by atoms with Crippen molar-refractivity contribution in [3.05, 3.63) is 0 Å². The first kappa shape index (κ1) is 9.92. The fourth-order valence-corrected chi connectivity index (χ4v) is 0.997. The van der Waals surface area contributed by atoms with Crippen molar-refractivity contribution in [1.29, 1.82) is 0 Å². The van der Waals surface area contributed by atoms with Crippen molar-refractivity contribution in [1.82, 2.24) is 5.32 Å². The van der Waals surface area contributed by atoms with Gasteiger partial charge in [0.25, 0.3) is 0 Å². The molecule has 0 saturated carbocycles. The van der Waals surface area contributed by atoms with E-state index in [-0.39, 0.29) is 12.6 Å². The van der Waals surface area contributed by atoms with E-state index in [1.54, 1.807) is 0 Å². The minimum absolute atomic E-state index is 0.230. The van der Waals surface area contributed by atoms with Crippen LogP contribution in [0.1, 0.15) is 27.2 Å². The number of likely N-dealkylation sites (N-methyl/N-ethyl adjacent to an activating group) is 1. The molecule has 2 nitrogen and oxygen atoms in total. The first-order chi connectivity index (χ1) is 4.49. The zero-order chi connectivity index (χ0) is 8.20. The normalized spacial score (nSPS) is 15.3. The number of aliphatic hydroxyl groups is 1. The largest absolute Gasteiger partial charge is 0.395 e. The molecular formula is C8H19NO. The second kappa shape index (κ2) is 3.94. The Bertz CT molecular complexity index is 81.7. The van der Waals surface area contributed by atoms with Crippen molar-refractivity contribution in [2.45, 2.75) is 33.2 Å². The van der Waals surface area contributed by atoms with Crippen molar-refractivity contribution >= 4 is 0 Å². The fraction of sp³-hybridized carbons (Fsp3) is 1.00. The monoisotopic (exact) mass is 145 g/mol. The van der Waals surface area contributed by atoms with Gasteiger partial charge in [-0.3, -0.25) is 0 Å². The van der Waals surface area contributed by atoms with Crippen molar-refractivity contribution in [2.24, 2.45) is 5.41 Å². The third kappa shape index (κ3) is 4.77. The van der Waals surface area contributed by atoms with Crippen LogP contribution < -0.4 is 5.32 Å². The van der Waals surface area contributed by atoms with Gasteiger partial charge in [-0.1, -0.05) is 20.8 Å². The van der Waals surface area contributed by atoms with Crippen LogP contribution in [-0.4, -0.2) is 24.8 Å². The van der Waals surface area contributed by atoms with Crippen LogP contribution in [0.5, 0.6) is 0 Å². The average Bonchev–Trinajstić information content (AvgIpc) is 1.81. The van der Waals surface area contributed by atoms with Gasteiger partial charge in [-0.05, 0) is 18.9 Å². The number of aliphatic hydroxyl groups excluding tert-OH is 1. The molecule has 2 N–H and O–H groups in total. The van der Waals surface area contributed by atoms with Gasteiger partial charge in [0.2, 0.25) is 0 Å². The highest BCUT2D eigenvalue weighted by Crippen LogP contribution is 2.20. The molecule has 0 fully saturated rings. The molecule has 0 aliphatic heterocycles. The minimum atomic E-state index is 0.230. The van der Waals surface area contributed by atoms with E-state index in [1.165, 1.54) is 0 Å². The molecule has 0 amide bonds. The Morgan fingerprint density at radius 1 is 1.40 bits per heavy atom. The summed E-state index contributed by atoms with van der Waals surface area (Å²) in [4.78, 5) is 0.